The number of pyridine rings is 1. The van der Waals surface area contributed by atoms with Crippen LogP contribution in [-0.2, 0) is 4.79 Å². The molecule has 3 atom stereocenters. The molecule has 120 valence electrons. The first kappa shape index (κ1) is 16.0. The molecule has 0 bridgehead atoms. The standard InChI is InChI=1S/C18H20ClN3O/c1-12(17-4-2-3-9-21-17)22-18(23)16-11-20-10-15(16)13-5-7-14(19)8-6-13/h2-9,12,15-16,20H,10-11H2,1H3,(H,22,23)/t12-,15+,16-/m1/s1. The van der Waals surface area contributed by atoms with Crippen LogP contribution in [0.5, 0.6) is 0 Å². The Morgan fingerprint density at radius 3 is 2.74 bits per heavy atom. The van der Waals surface area contributed by atoms with Crippen LogP contribution in [0.4, 0.5) is 0 Å². The third-order valence-electron chi connectivity index (χ3n) is 4.34. The van der Waals surface area contributed by atoms with Crippen molar-refractivity contribution < 1.29 is 4.79 Å². The van der Waals surface area contributed by atoms with Crippen LogP contribution < -0.4 is 10.6 Å². The summed E-state index contributed by atoms with van der Waals surface area (Å²) in [7, 11) is 0. The molecule has 2 heterocycles. The van der Waals surface area contributed by atoms with Gasteiger partial charge in [-0.15, -0.1) is 0 Å². The molecule has 0 aliphatic carbocycles. The summed E-state index contributed by atoms with van der Waals surface area (Å²) in [5, 5.41) is 7.11. The van der Waals surface area contributed by atoms with Crippen LogP contribution in [-0.4, -0.2) is 24.0 Å². The lowest BCUT2D eigenvalue weighted by molar-refractivity contribution is -0.125. The minimum Gasteiger partial charge on any atom is -0.348 e. The van der Waals surface area contributed by atoms with Gasteiger partial charge >= 0.3 is 0 Å². The van der Waals surface area contributed by atoms with Crippen LogP contribution in [0.3, 0.4) is 0 Å². The predicted octanol–water partition coefficient (Wildman–Crippen LogP) is 2.92. The second kappa shape index (κ2) is 7.11. The van der Waals surface area contributed by atoms with Crippen molar-refractivity contribution in [3.8, 4) is 0 Å². The van der Waals surface area contributed by atoms with Gasteiger partial charge in [0.15, 0.2) is 0 Å². The number of nitrogens with one attached hydrogen (secondary N) is 2. The monoisotopic (exact) mass is 329 g/mol. The van der Waals surface area contributed by atoms with E-state index in [-0.39, 0.29) is 23.8 Å². The molecule has 0 unspecified atom stereocenters. The maximum atomic E-state index is 12.7. The van der Waals surface area contributed by atoms with E-state index in [1.807, 2.05) is 49.4 Å². The first-order chi connectivity index (χ1) is 11.1. The normalized spacial score (nSPS) is 21.8. The molecule has 1 fully saturated rings. The number of halogens is 1. The molecule has 3 rings (SSSR count). The fraction of sp³-hybridized carbons (Fsp3) is 0.333. The quantitative estimate of drug-likeness (QED) is 0.907. The largest absolute Gasteiger partial charge is 0.348 e. The fourth-order valence-corrected chi connectivity index (χ4v) is 3.17. The summed E-state index contributed by atoms with van der Waals surface area (Å²) in [6, 6.07) is 13.4. The van der Waals surface area contributed by atoms with E-state index < -0.39 is 0 Å². The van der Waals surface area contributed by atoms with Crippen molar-refractivity contribution in [2.75, 3.05) is 13.1 Å². The van der Waals surface area contributed by atoms with Crippen molar-refractivity contribution in [2.45, 2.75) is 18.9 Å². The summed E-state index contributed by atoms with van der Waals surface area (Å²) in [5.41, 5.74) is 2.01. The minimum atomic E-state index is -0.102. The Kier molecular flexibility index (Phi) is 4.94. The Labute approximate surface area is 141 Å². The molecule has 2 aromatic rings. The number of rotatable bonds is 4. The lowest BCUT2D eigenvalue weighted by Crippen LogP contribution is -2.36. The summed E-state index contributed by atoms with van der Waals surface area (Å²) in [4.78, 5) is 17.0. The highest BCUT2D eigenvalue weighted by molar-refractivity contribution is 6.30. The van der Waals surface area contributed by atoms with E-state index in [0.717, 1.165) is 17.8 Å². The number of carbonyl (C=O) groups is 1. The first-order valence-electron chi connectivity index (χ1n) is 7.82. The summed E-state index contributed by atoms with van der Waals surface area (Å²) in [6.07, 6.45) is 1.74. The topological polar surface area (TPSA) is 54.0 Å². The Morgan fingerprint density at radius 2 is 2.04 bits per heavy atom. The Balaban J connectivity index is 1.69. The number of nitrogens with zero attached hydrogens (tertiary/aromatic N) is 1. The van der Waals surface area contributed by atoms with Gasteiger partial charge in [0.25, 0.3) is 0 Å². The van der Waals surface area contributed by atoms with E-state index >= 15 is 0 Å². The first-order valence-corrected chi connectivity index (χ1v) is 8.20. The van der Waals surface area contributed by atoms with Crippen molar-refractivity contribution in [1.82, 2.24) is 15.6 Å². The lowest BCUT2D eigenvalue weighted by atomic mass is 9.88. The number of aromatic nitrogens is 1. The fourth-order valence-electron chi connectivity index (χ4n) is 3.04. The third kappa shape index (κ3) is 3.71. The highest BCUT2D eigenvalue weighted by atomic mass is 35.5. The Hall–Kier alpha value is -1.91. The van der Waals surface area contributed by atoms with Gasteiger partial charge in [0.2, 0.25) is 5.91 Å². The second-order valence-electron chi connectivity index (χ2n) is 5.91. The van der Waals surface area contributed by atoms with Crippen LogP contribution in [0.1, 0.15) is 30.1 Å². The van der Waals surface area contributed by atoms with Crippen LogP contribution in [0.15, 0.2) is 48.7 Å². The van der Waals surface area contributed by atoms with Gasteiger partial charge in [0, 0.05) is 30.2 Å². The third-order valence-corrected chi connectivity index (χ3v) is 4.59. The van der Waals surface area contributed by atoms with Gasteiger partial charge in [-0.25, -0.2) is 0 Å². The SMILES string of the molecule is C[C@@H](NC(=O)[C@@H]1CNC[C@H]1c1ccc(Cl)cc1)c1ccccn1. The number of carbonyl (C=O) groups excluding carboxylic acids is 1. The molecule has 5 heteroatoms. The second-order valence-corrected chi connectivity index (χ2v) is 6.34. The maximum absolute atomic E-state index is 12.7. The van der Waals surface area contributed by atoms with Crippen LogP contribution in [0.25, 0.3) is 0 Å². The van der Waals surface area contributed by atoms with Gasteiger partial charge in [0.1, 0.15) is 0 Å². The van der Waals surface area contributed by atoms with Gasteiger partial charge in [-0.05, 0) is 36.8 Å². The van der Waals surface area contributed by atoms with Gasteiger partial charge in [-0.3, -0.25) is 9.78 Å². The zero-order chi connectivity index (χ0) is 16.2. The lowest BCUT2D eigenvalue weighted by Gasteiger charge is -2.21. The summed E-state index contributed by atoms with van der Waals surface area (Å²) in [6.45, 7) is 3.45. The molecule has 1 aliphatic rings. The highest BCUT2D eigenvalue weighted by Gasteiger charge is 2.34. The van der Waals surface area contributed by atoms with E-state index in [0.29, 0.717) is 11.6 Å². The van der Waals surface area contributed by atoms with Crippen molar-refractivity contribution in [1.29, 1.82) is 0 Å². The predicted molar refractivity (Wildman–Crippen MR) is 91.3 cm³/mol. The van der Waals surface area contributed by atoms with E-state index in [2.05, 4.69) is 15.6 Å². The molecule has 1 aliphatic heterocycles. The van der Waals surface area contributed by atoms with Gasteiger partial charge < -0.3 is 10.6 Å². The maximum Gasteiger partial charge on any atom is 0.225 e. The van der Waals surface area contributed by atoms with E-state index in [1.54, 1.807) is 6.20 Å². The van der Waals surface area contributed by atoms with E-state index in [9.17, 15) is 4.79 Å². The molecule has 4 nitrogen and oxygen atoms in total. The zero-order valence-corrected chi connectivity index (χ0v) is 13.8. The molecule has 1 aromatic carbocycles. The number of hydrogen-bond donors (Lipinski definition) is 2. The Morgan fingerprint density at radius 1 is 1.26 bits per heavy atom. The highest BCUT2D eigenvalue weighted by Crippen LogP contribution is 2.29. The summed E-state index contributed by atoms with van der Waals surface area (Å²) in [5.74, 6) is 0.152. The summed E-state index contributed by atoms with van der Waals surface area (Å²) >= 11 is 5.95. The molecule has 1 aromatic heterocycles. The smallest absolute Gasteiger partial charge is 0.225 e. The Bertz CT molecular complexity index is 660. The molecule has 1 saturated heterocycles. The zero-order valence-electron chi connectivity index (χ0n) is 13.0. The van der Waals surface area contributed by atoms with Gasteiger partial charge in [0.05, 0.1) is 17.7 Å². The molecular weight excluding hydrogens is 310 g/mol. The number of hydrogen-bond acceptors (Lipinski definition) is 3. The number of amides is 1. The molecule has 23 heavy (non-hydrogen) atoms. The number of benzene rings is 1. The van der Waals surface area contributed by atoms with Crippen LogP contribution in [0, 0.1) is 5.92 Å². The van der Waals surface area contributed by atoms with Crippen LogP contribution >= 0.6 is 11.6 Å². The van der Waals surface area contributed by atoms with Gasteiger partial charge in [-0.1, -0.05) is 29.8 Å². The van der Waals surface area contributed by atoms with E-state index in [1.165, 1.54) is 0 Å². The average Bonchev–Trinajstić information content (AvgIpc) is 3.06. The molecule has 0 spiro atoms. The van der Waals surface area contributed by atoms with Gasteiger partial charge in [-0.2, -0.15) is 0 Å². The van der Waals surface area contributed by atoms with Crippen molar-refractivity contribution in [2.24, 2.45) is 5.92 Å². The van der Waals surface area contributed by atoms with Crippen molar-refractivity contribution in [3.63, 3.8) is 0 Å². The molecule has 0 radical (unpaired) electrons. The van der Waals surface area contributed by atoms with Crippen LogP contribution in [0.2, 0.25) is 5.02 Å². The molecule has 1 amide bonds. The minimum absolute atomic E-state index is 0.0631. The van der Waals surface area contributed by atoms with E-state index in [4.69, 9.17) is 11.6 Å². The van der Waals surface area contributed by atoms with Crippen molar-refractivity contribution >= 4 is 17.5 Å². The molecule has 2 N–H and O–H groups in total. The van der Waals surface area contributed by atoms with Crippen molar-refractivity contribution in [3.05, 3.63) is 64.9 Å². The summed E-state index contributed by atoms with van der Waals surface area (Å²) < 4.78 is 0. The molecule has 0 saturated carbocycles. The average molecular weight is 330 g/mol. The molecular formula is C18H20ClN3O.